The van der Waals surface area contributed by atoms with Gasteiger partial charge < -0.3 is 5.11 Å². The quantitative estimate of drug-likeness (QED) is 0.902. The van der Waals surface area contributed by atoms with Crippen LogP contribution >= 0.6 is 0 Å². The Labute approximate surface area is 142 Å². The number of hydrogen-bond donors (Lipinski definition) is 1. The molecule has 1 aliphatic rings. The second-order valence-electron chi connectivity index (χ2n) is 6.95. The van der Waals surface area contributed by atoms with E-state index in [9.17, 15) is 9.90 Å². The van der Waals surface area contributed by atoms with E-state index >= 15 is 0 Å². The number of aliphatic hydroxyl groups is 1. The molecule has 3 rings (SSSR count). The molecule has 0 spiro atoms. The van der Waals surface area contributed by atoms with Crippen LogP contribution < -0.4 is 5.56 Å². The zero-order valence-corrected chi connectivity index (χ0v) is 14.6. The Hall–Kier alpha value is -1.76. The number of fused-ring (bicyclic) bond motifs is 1. The first-order valence-corrected chi connectivity index (χ1v) is 8.56. The molecule has 1 fully saturated rings. The average molecular weight is 330 g/mol. The molecule has 0 unspecified atom stereocenters. The summed E-state index contributed by atoms with van der Waals surface area (Å²) in [6.45, 7) is 10.1. The summed E-state index contributed by atoms with van der Waals surface area (Å²) in [6.07, 6.45) is 1.52. The number of aryl methyl sites for hydroxylation is 1. The summed E-state index contributed by atoms with van der Waals surface area (Å²) in [7, 11) is 0. The van der Waals surface area contributed by atoms with E-state index in [0.717, 1.165) is 30.9 Å². The Morgan fingerprint density at radius 1 is 1.38 bits per heavy atom. The molecule has 0 radical (unpaired) electrons. The average Bonchev–Trinajstić information content (AvgIpc) is 2.50. The lowest BCUT2D eigenvalue weighted by Gasteiger charge is -2.40. The van der Waals surface area contributed by atoms with Gasteiger partial charge in [-0.2, -0.15) is 0 Å². The predicted molar refractivity (Wildman–Crippen MR) is 94.2 cm³/mol. The van der Waals surface area contributed by atoms with Gasteiger partial charge in [0, 0.05) is 51.0 Å². The Balaban J connectivity index is 1.72. The molecular weight excluding hydrogens is 304 g/mol. The largest absolute Gasteiger partial charge is 0.392 e. The van der Waals surface area contributed by atoms with E-state index in [1.807, 2.05) is 32.2 Å². The lowest BCUT2D eigenvalue weighted by molar-refractivity contribution is 0.0418. The molecule has 2 aromatic heterocycles. The topological polar surface area (TPSA) is 61.1 Å². The van der Waals surface area contributed by atoms with Crippen LogP contribution in [0.3, 0.4) is 0 Å². The minimum Gasteiger partial charge on any atom is -0.392 e. The first-order chi connectivity index (χ1) is 11.4. The van der Waals surface area contributed by atoms with Gasteiger partial charge in [0.1, 0.15) is 5.65 Å². The van der Waals surface area contributed by atoms with E-state index in [2.05, 4.69) is 21.7 Å². The van der Waals surface area contributed by atoms with Crippen LogP contribution in [0.5, 0.6) is 0 Å². The van der Waals surface area contributed by atoms with E-state index in [1.54, 1.807) is 10.5 Å². The first kappa shape index (κ1) is 17.1. The fraction of sp³-hybridized carbons (Fsp3) is 0.556. The van der Waals surface area contributed by atoms with Gasteiger partial charge in [-0.15, -0.1) is 0 Å². The molecule has 2 atom stereocenters. The van der Waals surface area contributed by atoms with E-state index in [1.165, 1.54) is 0 Å². The Kier molecular flexibility index (Phi) is 4.99. The summed E-state index contributed by atoms with van der Waals surface area (Å²) in [5.41, 5.74) is 2.53. The molecule has 0 aromatic carbocycles. The monoisotopic (exact) mass is 330 g/mol. The molecule has 0 aliphatic carbocycles. The maximum atomic E-state index is 12.3. The van der Waals surface area contributed by atoms with Crippen molar-refractivity contribution >= 4 is 5.65 Å². The molecule has 3 heterocycles. The molecule has 0 bridgehead atoms. The van der Waals surface area contributed by atoms with Crippen molar-refractivity contribution in [2.45, 2.75) is 39.5 Å². The molecular formula is C18H26N4O2. The highest BCUT2D eigenvalue weighted by Crippen LogP contribution is 2.13. The third-order valence-electron chi connectivity index (χ3n) is 4.59. The van der Waals surface area contributed by atoms with Crippen molar-refractivity contribution in [1.82, 2.24) is 19.2 Å². The van der Waals surface area contributed by atoms with Gasteiger partial charge in [-0.05, 0) is 32.4 Å². The van der Waals surface area contributed by atoms with Crippen LogP contribution in [-0.2, 0) is 6.54 Å². The highest BCUT2D eigenvalue weighted by molar-refractivity contribution is 5.39. The second-order valence-corrected chi connectivity index (χ2v) is 6.95. The van der Waals surface area contributed by atoms with E-state index in [-0.39, 0.29) is 11.7 Å². The molecule has 0 saturated carbocycles. The van der Waals surface area contributed by atoms with Crippen LogP contribution in [0.15, 0.2) is 29.2 Å². The number of rotatable bonds is 4. The van der Waals surface area contributed by atoms with E-state index in [0.29, 0.717) is 24.8 Å². The summed E-state index contributed by atoms with van der Waals surface area (Å²) >= 11 is 0. The lowest BCUT2D eigenvalue weighted by Crippen LogP contribution is -2.53. The number of pyridine rings is 1. The number of piperazine rings is 1. The standard InChI is InChI=1S/C18H26N4O2/c1-13-4-5-17-19-16(8-18(24)22(17)9-13)12-20-6-7-21(11-15(3)23)14(2)10-20/h4-5,8-9,14-15,23H,6-7,10-12H2,1-3H3/t14-,15-/m1/s1. The van der Waals surface area contributed by atoms with Crippen molar-refractivity contribution in [3.8, 4) is 0 Å². The third-order valence-corrected chi connectivity index (χ3v) is 4.59. The van der Waals surface area contributed by atoms with Crippen LogP contribution in [0.2, 0.25) is 0 Å². The summed E-state index contributed by atoms with van der Waals surface area (Å²) in [5.74, 6) is 0. The minimum atomic E-state index is -0.301. The molecule has 6 nitrogen and oxygen atoms in total. The zero-order chi connectivity index (χ0) is 17.3. The van der Waals surface area contributed by atoms with Crippen molar-refractivity contribution < 1.29 is 5.11 Å². The van der Waals surface area contributed by atoms with Gasteiger partial charge in [0.15, 0.2) is 0 Å². The third kappa shape index (κ3) is 3.83. The number of aliphatic hydroxyl groups excluding tert-OH is 1. The summed E-state index contributed by atoms with van der Waals surface area (Å²) < 4.78 is 1.60. The maximum absolute atomic E-state index is 12.3. The molecule has 6 heteroatoms. The highest BCUT2D eigenvalue weighted by Gasteiger charge is 2.24. The second kappa shape index (κ2) is 7.01. The lowest BCUT2D eigenvalue weighted by atomic mass is 10.1. The number of aromatic nitrogens is 2. The minimum absolute atomic E-state index is 0.0283. The van der Waals surface area contributed by atoms with Crippen molar-refractivity contribution in [1.29, 1.82) is 0 Å². The molecule has 130 valence electrons. The summed E-state index contributed by atoms with van der Waals surface area (Å²) in [5, 5.41) is 9.57. The van der Waals surface area contributed by atoms with Crippen LogP contribution in [0, 0.1) is 6.92 Å². The van der Waals surface area contributed by atoms with Gasteiger partial charge in [0.25, 0.3) is 5.56 Å². The van der Waals surface area contributed by atoms with Crippen LogP contribution in [0.4, 0.5) is 0 Å². The predicted octanol–water partition coefficient (Wildman–Crippen LogP) is 0.890. The van der Waals surface area contributed by atoms with Gasteiger partial charge in [0.2, 0.25) is 0 Å². The van der Waals surface area contributed by atoms with Gasteiger partial charge in [0.05, 0.1) is 11.8 Å². The van der Waals surface area contributed by atoms with Crippen molar-refractivity contribution in [2.75, 3.05) is 26.2 Å². The molecule has 1 N–H and O–H groups in total. The molecule has 2 aromatic rings. The van der Waals surface area contributed by atoms with E-state index in [4.69, 9.17) is 0 Å². The van der Waals surface area contributed by atoms with Gasteiger partial charge in [-0.25, -0.2) is 4.98 Å². The summed E-state index contributed by atoms with van der Waals surface area (Å²) in [4.78, 5) is 21.6. The van der Waals surface area contributed by atoms with Gasteiger partial charge in [-0.1, -0.05) is 6.07 Å². The Morgan fingerprint density at radius 3 is 2.88 bits per heavy atom. The SMILES string of the molecule is Cc1ccc2nc(CN3CCN(C[C@@H](C)O)[C@H](C)C3)cc(=O)n2c1. The summed E-state index contributed by atoms with van der Waals surface area (Å²) in [6, 6.07) is 5.89. The molecule has 1 saturated heterocycles. The van der Waals surface area contributed by atoms with Gasteiger partial charge in [-0.3, -0.25) is 19.0 Å². The van der Waals surface area contributed by atoms with Crippen LogP contribution in [0.25, 0.3) is 5.65 Å². The zero-order valence-electron chi connectivity index (χ0n) is 14.6. The molecule has 24 heavy (non-hydrogen) atoms. The first-order valence-electron chi connectivity index (χ1n) is 8.56. The fourth-order valence-corrected chi connectivity index (χ4v) is 3.39. The smallest absolute Gasteiger partial charge is 0.258 e. The highest BCUT2D eigenvalue weighted by atomic mass is 16.3. The number of nitrogens with zero attached hydrogens (tertiary/aromatic N) is 4. The molecule has 1 aliphatic heterocycles. The van der Waals surface area contributed by atoms with Gasteiger partial charge >= 0.3 is 0 Å². The normalized spacial score (nSPS) is 21.2. The maximum Gasteiger partial charge on any atom is 0.258 e. The van der Waals surface area contributed by atoms with Crippen molar-refractivity contribution in [3.05, 3.63) is 46.0 Å². The van der Waals surface area contributed by atoms with Crippen LogP contribution in [0.1, 0.15) is 25.1 Å². The Morgan fingerprint density at radius 2 is 2.17 bits per heavy atom. The molecule has 0 amide bonds. The fourth-order valence-electron chi connectivity index (χ4n) is 3.39. The van der Waals surface area contributed by atoms with Crippen molar-refractivity contribution in [3.63, 3.8) is 0 Å². The van der Waals surface area contributed by atoms with Crippen LogP contribution in [-0.4, -0.2) is 62.6 Å². The number of hydrogen-bond acceptors (Lipinski definition) is 5. The Bertz CT molecular complexity index is 771. The number of β-amino-alcohol motifs (C(OH)–C–C–N with tert-alkyl or cyclic N) is 1. The van der Waals surface area contributed by atoms with E-state index < -0.39 is 0 Å². The van der Waals surface area contributed by atoms with Crippen molar-refractivity contribution in [2.24, 2.45) is 0 Å².